The molecule has 0 radical (unpaired) electrons. The van der Waals surface area contributed by atoms with E-state index in [0.717, 1.165) is 18.5 Å². The number of aromatic nitrogens is 3. The van der Waals surface area contributed by atoms with Crippen molar-refractivity contribution in [3.63, 3.8) is 0 Å². The van der Waals surface area contributed by atoms with Gasteiger partial charge < -0.3 is 0 Å². The molecular weight excluding hydrogens is 244 g/mol. The topological polar surface area (TPSA) is 30.7 Å². The molecule has 0 aromatic carbocycles. The molecule has 1 rings (SSSR count). The summed E-state index contributed by atoms with van der Waals surface area (Å²) in [5, 5.41) is 7.94. The molecular formula is C8H12Cl3N3. The van der Waals surface area contributed by atoms with E-state index >= 15 is 0 Å². The minimum absolute atomic E-state index is 0.590. The molecule has 1 aromatic heterocycles. The molecule has 0 fully saturated rings. The maximum atomic E-state index is 5.85. The lowest BCUT2D eigenvalue weighted by Crippen LogP contribution is -2.13. The molecule has 0 saturated heterocycles. The van der Waals surface area contributed by atoms with Crippen LogP contribution in [-0.4, -0.2) is 15.0 Å². The molecule has 80 valence electrons. The Balaban J connectivity index is 3.13. The third kappa shape index (κ3) is 2.53. The maximum Gasteiger partial charge on any atom is 0.234 e. The van der Waals surface area contributed by atoms with Crippen LogP contribution in [0.2, 0.25) is 0 Å². The molecule has 0 aliphatic rings. The van der Waals surface area contributed by atoms with Gasteiger partial charge in [0.1, 0.15) is 5.69 Å². The second kappa shape index (κ2) is 4.69. The number of aryl methyl sites for hydroxylation is 2. The Hall–Kier alpha value is 0.01000. The van der Waals surface area contributed by atoms with Crippen molar-refractivity contribution < 1.29 is 0 Å². The number of rotatable bonds is 3. The molecule has 3 nitrogen and oxygen atoms in total. The van der Waals surface area contributed by atoms with E-state index in [2.05, 4.69) is 10.3 Å². The molecule has 0 unspecified atom stereocenters. The van der Waals surface area contributed by atoms with Gasteiger partial charge in [-0.1, -0.05) is 53.4 Å². The zero-order valence-electron chi connectivity index (χ0n) is 8.10. The summed E-state index contributed by atoms with van der Waals surface area (Å²) in [6.07, 6.45) is 1.74. The average Bonchev–Trinajstić information content (AvgIpc) is 2.47. The minimum atomic E-state index is -1.44. The number of hydrogen-bond acceptors (Lipinski definition) is 2. The summed E-state index contributed by atoms with van der Waals surface area (Å²) in [5.74, 6) is 0. The minimum Gasteiger partial charge on any atom is -0.245 e. The van der Waals surface area contributed by atoms with E-state index in [-0.39, 0.29) is 0 Å². The molecule has 1 aromatic rings. The van der Waals surface area contributed by atoms with E-state index in [1.54, 1.807) is 4.68 Å². The Morgan fingerprint density at radius 3 is 2.36 bits per heavy atom. The molecule has 14 heavy (non-hydrogen) atoms. The zero-order valence-corrected chi connectivity index (χ0v) is 10.4. The fourth-order valence-corrected chi connectivity index (χ4v) is 1.91. The van der Waals surface area contributed by atoms with Crippen LogP contribution in [-0.2, 0) is 16.8 Å². The lowest BCUT2D eigenvalue weighted by Gasteiger charge is -2.13. The summed E-state index contributed by atoms with van der Waals surface area (Å²) in [5.41, 5.74) is 1.36. The van der Waals surface area contributed by atoms with E-state index < -0.39 is 3.79 Å². The zero-order chi connectivity index (χ0) is 10.8. The van der Waals surface area contributed by atoms with Crippen molar-refractivity contribution in [2.24, 2.45) is 0 Å². The Bertz CT molecular complexity index is 303. The van der Waals surface area contributed by atoms with Crippen molar-refractivity contribution in [2.75, 3.05) is 0 Å². The van der Waals surface area contributed by atoms with Crippen molar-refractivity contribution in [3.05, 3.63) is 11.4 Å². The van der Waals surface area contributed by atoms with Crippen LogP contribution in [0.25, 0.3) is 0 Å². The summed E-state index contributed by atoms with van der Waals surface area (Å²) in [7, 11) is 0. The third-order valence-corrected chi connectivity index (χ3v) is 2.40. The average molecular weight is 257 g/mol. The molecule has 0 spiro atoms. The van der Waals surface area contributed by atoms with Gasteiger partial charge in [-0.3, -0.25) is 0 Å². The van der Waals surface area contributed by atoms with E-state index in [1.807, 2.05) is 13.8 Å². The smallest absolute Gasteiger partial charge is 0.234 e. The first-order valence-corrected chi connectivity index (χ1v) is 5.63. The Labute approximate surface area is 98.3 Å². The van der Waals surface area contributed by atoms with Crippen LogP contribution in [0, 0.1) is 0 Å². The Kier molecular flexibility index (Phi) is 4.04. The van der Waals surface area contributed by atoms with Crippen molar-refractivity contribution >= 4 is 34.8 Å². The lowest BCUT2D eigenvalue weighted by molar-refractivity contribution is 0.602. The second-order valence-corrected chi connectivity index (χ2v) is 5.23. The van der Waals surface area contributed by atoms with E-state index in [9.17, 15) is 0 Å². The molecule has 0 N–H and O–H groups in total. The quantitative estimate of drug-likeness (QED) is 0.778. The van der Waals surface area contributed by atoms with E-state index in [0.29, 0.717) is 12.2 Å². The van der Waals surface area contributed by atoms with Gasteiger partial charge >= 0.3 is 0 Å². The molecule has 0 saturated carbocycles. The first kappa shape index (κ1) is 12.1. The summed E-state index contributed by atoms with van der Waals surface area (Å²) >= 11 is 17.6. The van der Waals surface area contributed by atoms with Crippen molar-refractivity contribution in [1.29, 1.82) is 0 Å². The van der Waals surface area contributed by atoms with Gasteiger partial charge in [-0.25, -0.2) is 4.68 Å². The summed E-state index contributed by atoms with van der Waals surface area (Å²) in [6, 6.07) is 0. The van der Waals surface area contributed by atoms with Crippen LogP contribution in [0.4, 0.5) is 0 Å². The molecule has 1 heterocycles. The van der Waals surface area contributed by atoms with Gasteiger partial charge in [0, 0.05) is 6.54 Å². The molecule has 0 aliphatic carbocycles. The highest BCUT2D eigenvalue weighted by Crippen LogP contribution is 2.39. The summed E-state index contributed by atoms with van der Waals surface area (Å²) < 4.78 is 0.183. The van der Waals surface area contributed by atoms with Crippen molar-refractivity contribution in [1.82, 2.24) is 15.0 Å². The van der Waals surface area contributed by atoms with Gasteiger partial charge in [0.05, 0.1) is 5.69 Å². The fraction of sp³-hybridized carbons (Fsp3) is 0.750. The normalized spacial score (nSPS) is 12.1. The number of alkyl halides is 3. The van der Waals surface area contributed by atoms with Gasteiger partial charge in [0.2, 0.25) is 3.79 Å². The lowest BCUT2D eigenvalue weighted by atomic mass is 10.2. The van der Waals surface area contributed by atoms with E-state index in [4.69, 9.17) is 34.8 Å². The van der Waals surface area contributed by atoms with Crippen LogP contribution in [0.5, 0.6) is 0 Å². The number of nitrogens with zero attached hydrogens (tertiary/aromatic N) is 3. The summed E-state index contributed by atoms with van der Waals surface area (Å²) in [6.45, 7) is 4.64. The SMILES string of the molecule is CCCc1nnn(CC)c1C(Cl)(Cl)Cl. The predicted octanol–water partition coefficient (Wildman–Crippen LogP) is 3.08. The van der Waals surface area contributed by atoms with Crippen molar-refractivity contribution in [3.8, 4) is 0 Å². The van der Waals surface area contributed by atoms with Crippen LogP contribution < -0.4 is 0 Å². The van der Waals surface area contributed by atoms with Crippen LogP contribution >= 0.6 is 34.8 Å². The maximum absolute atomic E-state index is 5.85. The molecule has 6 heteroatoms. The van der Waals surface area contributed by atoms with Crippen molar-refractivity contribution in [2.45, 2.75) is 37.0 Å². The van der Waals surface area contributed by atoms with E-state index in [1.165, 1.54) is 0 Å². The van der Waals surface area contributed by atoms with Gasteiger partial charge in [0.15, 0.2) is 0 Å². The predicted molar refractivity (Wildman–Crippen MR) is 58.9 cm³/mol. The molecule has 0 aliphatic heterocycles. The number of halogens is 3. The van der Waals surface area contributed by atoms with Crippen LogP contribution in [0.15, 0.2) is 0 Å². The molecule has 0 amide bonds. The highest BCUT2D eigenvalue weighted by atomic mass is 35.6. The van der Waals surface area contributed by atoms with Gasteiger partial charge in [-0.05, 0) is 13.3 Å². The summed E-state index contributed by atoms with van der Waals surface area (Å²) in [4.78, 5) is 0. The largest absolute Gasteiger partial charge is 0.245 e. The first-order valence-electron chi connectivity index (χ1n) is 4.50. The fourth-order valence-electron chi connectivity index (χ4n) is 1.29. The van der Waals surface area contributed by atoms with Crippen LogP contribution in [0.3, 0.4) is 0 Å². The third-order valence-electron chi connectivity index (χ3n) is 1.86. The number of hydrogen-bond donors (Lipinski definition) is 0. The molecule has 0 bridgehead atoms. The molecule has 0 atom stereocenters. The monoisotopic (exact) mass is 255 g/mol. The Morgan fingerprint density at radius 1 is 1.29 bits per heavy atom. The Morgan fingerprint density at radius 2 is 1.93 bits per heavy atom. The van der Waals surface area contributed by atoms with Crippen LogP contribution in [0.1, 0.15) is 31.7 Å². The highest BCUT2D eigenvalue weighted by molar-refractivity contribution is 6.66. The first-order chi connectivity index (χ1) is 6.50. The van der Waals surface area contributed by atoms with Gasteiger partial charge in [-0.15, -0.1) is 5.10 Å². The van der Waals surface area contributed by atoms with Gasteiger partial charge in [0.25, 0.3) is 0 Å². The highest BCUT2D eigenvalue weighted by Gasteiger charge is 2.31. The standard InChI is InChI=1S/C8H12Cl3N3/c1-3-5-6-7(8(9,10)11)14(4-2)13-12-6/h3-5H2,1-2H3. The second-order valence-electron chi connectivity index (χ2n) is 2.95. The van der Waals surface area contributed by atoms with Gasteiger partial charge in [-0.2, -0.15) is 0 Å².